The molecule has 0 bridgehead atoms. The minimum absolute atomic E-state index is 0.245. The van der Waals surface area contributed by atoms with Gasteiger partial charge in [-0.1, -0.05) is 12.1 Å². The molecule has 1 unspecified atom stereocenters. The van der Waals surface area contributed by atoms with E-state index >= 15 is 0 Å². The molecule has 0 heterocycles. The van der Waals surface area contributed by atoms with Crippen molar-refractivity contribution >= 4 is 40.0 Å². The molecule has 0 spiro atoms. The van der Waals surface area contributed by atoms with Crippen LogP contribution < -0.4 is 0 Å². The van der Waals surface area contributed by atoms with Crippen molar-refractivity contribution in [2.45, 2.75) is 12.3 Å². The third kappa shape index (κ3) is 2.40. The standard InChI is InChI=1S/C9H7ClFIO/c1-5(10)9(13)6-3-2-4-7(11)8(6)12/h2-5H,1H3. The summed E-state index contributed by atoms with van der Waals surface area (Å²) in [5, 5.41) is -0.615. The fourth-order valence-electron chi connectivity index (χ4n) is 0.908. The molecule has 13 heavy (non-hydrogen) atoms. The van der Waals surface area contributed by atoms with Crippen molar-refractivity contribution < 1.29 is 9.18 Å². The maximum atomic E-state index is 13.0. The summed E-state index contributed by atoms with van der Waals surface area (Å²) in [6, 6.07) is 4.40. The number of rotatable bonds is 2. The first-order valence-corrected chi connectivity index (χ1v) is 5.18. The number of benzene rings is 1. The highest BCUT2D eigenvalue weighted by Gasteiger charge is 2.16. The van der Waals surface area contributed by atoms with Gasteiger partial charge in [-0.2, -0.15) is 0 Å². The Hall–Kier alpha value is -0.160. The Morgan fingerprint density at radius 3 is 2.77 bits per heavy atom. The third-order valence-electron chi connectivity index (χ3n) is 1.58. The SMILES string of the molecule is CC(Cl)C(=O)c1cccc(F)c1I. The number of hydrogen-bond donors (Lipinski definition) is 0. The van der Waals surface area contributed by atoms with Gasteiger partial charge in [-0.15, -0.1) is 11.6 Å². The Kier molecular flexibility index (Phi) is 3.67. The fraction of sp³-hybridized carbons (Fsp3) is 0.222. The Morgan fingerprint density at radius 2 is 2.23 bits per heavy atom. The zero-order valence-electron chi connectivity index (χ0n) is 6.85. The number of halogens is 3. The number of Topliss-reactive ketones (excluding diaryl/α,β-unsaturated/α-hetero) is 1. The summed E-state index contributed by atoms with van der Waals surface area (Å²) >= 11 is 7.41. The minimum Gasteiger partial charge on any atom is -0.292 e. The Balaban J connectivity index is 3.15. The van der Waals surface area contributed by atoms with E-state index in [1.807, 2.05) is 0 Å². The zero-order chi connectivity index (χ0) is 10.0. The van der Waals surface area contributed by atoms with Crippen LogP contribution in [-0.4, -0.2) is 11.2 Å². The highest BCUT2D eigenvalue weighted by molar-refractivity contribution is 14.1. The fourth-order valence-corrected chi connectivity index (χ4v) is 1.65. The van der Waals surface area contributed by atoms with E-state index in [2.05, 4.69) is 0 Å². The maximum Gasteiger partial charge on any atom is 0.181 e. The summed E-state index contributed by atoms with van der Waals surface area (Å²) in [5.41, 5.74) is 0.350. The van der Waals surface area contributed by atoms with Crippen LogP contribution >= 0.6 is 34.2 Å². The van der Waals surface area contributed by atoms with Crippen LogP contribution in [0.4, 0.5) is 4.39 Å². The van der Waals surface area contributed by atoms with Crippen molar-refractivity contribution in [1.82, 2.24) is 0 Å². The normalized spacial score (nSPS) is 12.6. The first kappa shape index (κ1) is 10.9. The van der Waals surface area contributed by atoms with Gasteiger partial charge in [0.2, 0.25) is 0 Å². The van der Waals surface area contributed by atoms with Gasteiger partial charge >= 0.3 is 0 Å². The van der Waals surface area contributed by atoms with Crippen LogP contribution in [0.5, 0.6) is 0 Å². The van der Waals surface area contributed by atoms with Crippen LogP contribution in [0.3, 0.4) is 0 Å². The molecule has 1 aromatic carbocycles. The number of hydrogen-bond acceptors (Lipinski definition) is 1. The van der Waals surface area contributed by atoms with E-state index in [-0.39, 0.29) is 11.6 Å². The van der Waals surface area contributed by atoms with Gasteiger partial charge in [0, 0.05) is 5.56 Å². The van der Waals surface area contributed by atoms with Crippen molar-refractivity contribution in [3.8, 4) is 0 Å². The van der Waals surface area contributed by atoms with Crippen molar-refractivity contribution in [3.05, 3.63) is 33.1 Å². The van der Waals surface area contributed by atoms with Gasteiger partial charge in [-0.25, -0.2) is 4.39 Å². The van der Waals surface area contributed by atoms with Crippen LogP contribution in [0.25, 0.3) is 0 Å². The minimum atomic E-state index is -0.615. The predicted octanol–water partition coefficient (Wildman–Crippen LogP) is 3.24. The molecule has 70 valence electrons. The van der Waals surface area contributed by atoms with Crippen molar-refractivity contribution in [1.29, 1.82) is 0 Å². The van der Waals surface area contributed by atoms with Gasteiger partial charge < -0.3 is 0 Å². The molecule has 0 aliphatic heterocycles. The second kappa shape index (κ2) is 4.37. The maximum absolute atomic E-state index is 13.0. The van der Waals surface area contributed by atoms with Crippen LogP contribution in [0.15, 0.2) is 18.2 Å². The molecule has 0 aliphatic rings. The number of alkyl halides is 1. The Labute approximate surface area is 94.4 Å². The molecular formula is C9H7ClFIO. The Morgan fingerprint density at radius 1 is 1.62 bits per heavy atom. The largest absolute Gasteiger partial charge is 0.292 e. The molecule has 1 nitrogen and oxygen atoms in total. The number of ketones is 1. The van der Waals surface area contributed by atoms with Crippen molar-refractivity contribution in [2.24, 2.45) is 0 Å². The summed E-state index contributed by atoms with van der Waals surface area (Å²) in [5.74, 6) is -0.630. The lowest BCUT2D eigenvalue weighted by Gasteiger charge is -2.05. The van der Waals surface area contributed by atoms with Crippen LogP contribution in [0, 0.1) is 9.39 Å². The smallest absolute Gasteiger partial charge is 0.181 e. The average molecular weight is 313 g/mol. The second-order valence-corrected chi connectivity index (χ2v) is 4.32. The van der Waals surface area contributed by atoms with Crippen LogP contribution in [-0.2, 0) is 0 Å². The monoisotopic (exact) mass is 312 g/mol. The summed E-state index contributed by atoms with van der Waals surface area (Å²) in [7, 11) is 0. The zero-order valence-corrected chi connectivity index (χ0v) is 9.76. The number of carbonyl (C=O) groups is 1. The lowest BCUT2D eigenvalue weighted by atomic mass is 10.1. The molecule has 1 atom stereocenters. The van der Waals surface area contributed by atoms with Crippen LogP contribution in [0.2, 0.25) is 0 Å². The Bertz CT molecular complexity index is 338. The second-order valence-electron chi connectivity index (χ2n) is 2.58. The van der Waals surface area contributed by atoms with E-state index in [9.17, 15) is 9.18 Å². The van der Waals surface area contributed by atoms with E-state index in [0.717, 1.165) is 0 Å². The summed E-state index contributed by atoms with van der Waals surface area (Å²) in [6.07, 6.45) is 0. The van der Waals surface area contributed by atoms with Gasteiger partial charge in [-0.3, -0.25) is 4.79 Å². The predicted molar refractivity (Wildman–Crippen MR) is 58.8 cm³/mol. The molecule has 0 N–H and O–H groups in total. The quantitative estimate of drug-likeness (QED) is 0.465. The molecule has 0 saturated carbocycles. The van der Waals surface area contributed by atoms with Crippen molar-refractivity contribution in [3.63, 3.8) is 0 Å². The molecule has 0 aliphatic carbocycles. The molecule has 0 fully saturated rings. The van der Waals surface area contributed by atoms with Gasteiger partial charge in [0.25, 0.3) is 0 Å². The van der Waals surface area contributed by atoms with E-state index < -0.39 is 5.38 Å². The van der Waals surface area contributed by atoms with Gasteiger partial charge in [0.15, 0.2) is 5.78 Å². The van der Waals surface area contributed by atoms with Gasteiger partial charge in [-0.05, 0) is 35.6 Å². The lowest BCUT2D eigenvalue weighted by Crippen LogP contribution is -2.12. The summed E-state index contributed by atoms with van der Waals surface area (Å²) in [4.78, 5) is 11.4. The van der Waals surface area contributed by atoms with Gasteiger partial charge in [0.05, 0.1) is 8.95 Å². The summed E-state index contributed by atoms with van der Waals surface area (Å²) in [6.45, 7) is 1.57. The highest BCUT2D eigenvalue weighted by Crippen LogP contribution is 2.18. The lowest BCUT2D eigenvalue weighted by molar-refractivity contribution is 0.0990. The number of carbonyl (C=O) groups excluding carboxylic acids is 1. The molecular weight excluding hydrogens is 305 g/mol. The molecule has 0 aromatic heterocycles. The molecule has 0 saturated heterocycles. The molecule has 1 aromatic rings. The van der Waals surface area contributed by atoms with Gasteiger partial charge in [0.1, 0.15) is 5.82 Å². The first-order chi connectivity index (χ1) is 6.04. The molecule has 1 rings (SSSR count). The third-order valence-corrected chi connectivity index (χ3v) is 2.87. The highest BCUT2D eigenvalue weighted by atomic mass is 127. The molecule has 0 amide bonds. The van der Waals surface area contributed by atoms with E-state index in [4.69, 9.17) is 11.6 Å². The topological polar surface area (TPSA) is 17.1 Å². The van der Waals surface area contributed by atoms with E-state index in [1.165, 1.54) is 12.1 Å². The van der Waals surface area contributed by atoms with Crippen LogP contribution in [0.1, 0.15) is 17.3 Å². The first-order valence-electron chi connectivity index (χ1n) is 3.66. The summed E-state index contributed by atoms with van der Waals surface area (Å²) < 4.78 is 13.3. The molecule has 0 radical (unpaired) electrons. The van der Waals surface area contributed by atoms with E-state index in [0.29, 0.717) is 9.13 Å². The van der Waals surface area contributed by atoms with Crippen molar-refractivity contribution in [2.75, 3.05) is 0 Å². The van der Waals surface area contributed by atoms with E-state index in [1.54, 1.807) is 35.6 Å². The average Bonchev–Trinajstić information content (AvgIpc) is 2.08. The molecule has 4 heteroatoms.